The van der Waals surface area contributed by atoms with Gasteiger partial charge < -0.3 is 9.64 Å². The maximum Gasteiger partial charge on any atom is 0.254 e. The molecule has 164 valence electrons. The highest BCUT2D eigenvalue weighted by atomic mass is 19.1. The first-order valence-electron chi connectivity index (χ1n) is 10.3. The largest absolute Gasteiger partial charge is 0.496 e. The maximum absolute atomic E-state index is 13.3. The van der Waals surface area contributed by atoms with Gasteiger partial charge in [-0.15, -0.1) is 5.92 Å². The van der Waals surface area contributed by atoms with E-state index in [0.717, 1.165) is 17.2 Å². The Hall–Kier alpha value is -3.53. The van der Waals surface area contributed by atoms with Crippen molar-refractivity contribution in [3.63, 3.8) is 0 Å². The number of rotatable bonds is 3. The lowest BCUT2D eigenvalue weighted by Crippen LogP contribution is -2.62. The minimum Gasteiger partial charge on any atom is -0.496 e. The lowest BCUT2D eigenvalue weighted by molar-refractivity contribution is -0.141. The number of aryl methyl sites for hydroxylation is 1. The molecule has 2 aromatic rings. The SMILES string of the molecule is CC#Cc1cc(C)c(C2C(=O)CC3(CC2=O)CN(C(=O)c2ccnc(F)c2)C3)c(OC)c1. The maximum atomic E-state index is 13.3. The molecule has 2 aliphatic rings. The molecular weight excluding hydrogens is 411 g/mol. The number of ketones is 2. The predicted octanol–water partition coefficient (Wildman–Crippen LogP) is 3.07. The molecule has 2 fully saturated rings. The van der Waals surface area contributed by atoms with Crippen molar-refractivity contribution in [2.75, 3.05) is 20.2 Å². The average molecular weight is 434 g/mol. The predicted molar refractivity (Wildman–Crippen MR) is 115 cm³/mol. The quantitative estimate of drug-likeness (QED) is 0.422. The molecule has 0 atom stereocenters. The van der Waals surface area contributed by atoms with Crippen molar-refractivity contribution in [2.24, 2.45) is 5.41 Å². The number of ether oxygens (including phenoxy) is 1. The van der Waals surface area contributed by atoms with Gasteiger partial charge in [-0.25, -0.2) is 4.98 Å². The van der Waals surface area contributed by atoms with Crippen LogP contribution in [0.2, 0.25) is 0 Å². The van der Waals surface area contributed by atoms with Crippen LogP contribution in [0, 0.1) is 30.1 Å². The van der Waals surface area contributed by atoms with Crippen LogP contribution in [0.5, 0.6) is 5.75 Å². The summed E-state index contributed by atoms with van der Waals surface area (Å²) < 4.78 is 18.8. The number of pyridine rings is 1. The van der Waals surface area contributed by atoms with Crippen molar-refractivity contribution in [1.29, 1.82) is 0 Å². The smallest absolute Gasteiger partial charge is 0.254 e. The molecule has 4 rings (SSSR count). The number of hydrogen-bond donors (Lipinski definition) is 0. The average Bonchev–Trinajstić information content (AvgIpc) is 2.72. The Morgan fingerprint density at radius 3 is 2.50 bits per heavy atom. The summed E-state index contributed by atoms with van der Waals surface area (Å²) in [5.74, 6) is 4.03. The van der Waals surface area contributed by atoms with Crippen LogP contribution >= 0.6 is 0 Å². The van der Waals surface area contributed by atoms with E-state index in [1.807, 2.05) is 13.0 Å². The van der Waals surface area contributed by atoms with E-state index >= 15 is 0 Å². The Bertz CT molecular complexity index is 1170. The monoisotopic (exact) mass is 434 g/mol. The van der Waals surface area contributed by atoms with Gasteiger partial charge in [0.05, 0.1) is 7.11 Å². The standard InChI is InChI=1S/C25H23FN2O4/c1-4-5-16-8-15(2)22(20(9-16)32-3)23-18(29)11-25(12-19(23)30)13-28(14-25)24(31)17-6-7-27-21(26)10-17/h6-10,23H,11-14H2,1-3H3. The normalized spacial score (nSPS) is 17.6. The fourth-order valence-corrected chi connectivity index (χ4v) is 4.88. The molecule has 1 aliphatic heterocycles. The summed E-state index contributed by atoms with van der Waals surface area (Å²) in [7, 11) is 1.51. The Labute approximate surface area is 185 Å². The highest BCUT2D eigenvalue weighted by Gasteiger charge is 2.53. The Morgan fingerprint density at radius 1 is 1.22 bits per heavy atom. The minimum absolute atomic E-state index is 0.168. The highest BCUT2D eigenvalue weighted by molar-refractivity contribution is 6.11. The van der Waals surface area contributed by atoms with Gasteiger partial charge in [-0.05, 0) is 37.6 Å². The van der Waals surface area contributed by atoms with Gasteiger partial charge in [-0.2, -0.15) is 4.39 Å². The molecule has 1 aromatic heterocycles. The number of amides is 1. The van der Waals surface area contributed by atoms with Crippen LogP contribution in [0.25, 0.3) is 0 Å². The summed E-state index contributed by atoms with van der Waals surface area (Å²) in [6.45, 7) is 4.17. The Morgan fingerprint density at radius 2 is 1.91 bits per heavy atom. The Kier molecular flexibility index (Phi) is 5.55. The number of methoxy groups -OCH3 is 1. The van der Waals surface area contributed by atoms with Crippen molar-refractivity contribution in [2.45, 2.75) is 32.6 Å². The second-order valence-electron chi connectivity index (χ2n) is 8.53. The second-order valence-corrected chi connectivity index (χ2v) is 8.53. The van der Waals surface area contributed by atoms with Gasteiger partial charge in [0.25, 0.3) is 5.91 Å². The molecule has 1 spiro atoms. The van der Waals surface area contributed by atoms with E-state index in [2.05, 4.69) is 16.8 Å². The molecule has 0 bridgehead atoms. The van der Waals surface area contributed by atoms with Crippen LogP contribution < -0.4 is 4.74 Å². The van der Waals surface area contributed by atoms with E-state index in [1.54, 1.807) is 17.9 Å². The molecule has 7 heteroatoms. The second kappa shape index (κ2) is 8.19. The zero-order valence-corrected chi connectivity index (χ0v) is 18.2. The molecule has 1 saturated heterocycles. The summed E-state index contributed by atoms with van der Waals surface area (Å²) in [4.78, 5) is 43.9. The molecular formula is C25H23FN2O4. The topological polar surface area (TPSA) is 76.6 Å². The third-order valence-corrected chi connectivity index (χ3v) is 6.18. The number of aromatic nitrogens is 1. The number of benzene rings is 1. The molecule has 1 aromatic carbocycles. The van der Waals surface area contributed by atoms with E-state index in [4.69, 9.17) is 4.74 Å². The fourth-order valence-electron chi connectivity index (χ4n) is 4.88. The molecule has 1 aliphatic carbocycles. The molecule has 0 radical (unpaired) electrons. The first-order chi connectivity index (χ1) is 15.3. The number of nitrogens with zero attached hydrogens (tertiary/aromatic N) is 2. The van der Waals surface area contributed by atoms with E-state index < -0.39 is 17.3 Å². The van der Waals surface area contributed by atoms with Crippen molar-refractivity contribution in [3.8, 4) is 17.6 Å². The third kappa shape index (κ3) is 3.77. The molecule has 32 heavy (non-hydrogen) atoms. The summed E-state index contributed by atoms with van der Waals surface area (Å²) >= 11 is 0. The van der Waals surface area contributed by atoms with Crippen LogP contribution in [-0.2, 0) is 9.59 Å². The van der Waals surface area contributed by atoms with Gasteiger partial charge in [0.15, 0.2) is 0 Å². The van der Waals surface area contributed by atoms with Crippen molar-refractivity contribution in [3.05, 3.63) is 58.7 Å². The minimum atomic E-state index is -0.877. The van der Waals surface area contributed by atoms with Crippen LogP contribution in [0.4, 0.5) is 4.39 Å². The van der Waals surface area contributed by atoms with Crippen LogP contribution in [-0.4, -0.2) is 47.6 Å². The first kappa shape index (κ1) is 21.7. The summed E-state index contributed by atoms with van der Waals surface area (Å²) in [6, 6.07) is 6.14. The van der Waals surface area contributed by atoms with Crippen LogP contribution in [0.15, 0.2) is 30.5 Å². The number of halogens is 1. The first-order valence-corrected chi connectivity index (χ1v) is 10.3. The van der Waals surface area contributed by atoms with E-state index in [9.17, 15) is 18.8 Å². The van der Waals surface area contributed by atoms with Crippen LogP contribution in [0.3, 0.4) is 0 Å². The summed E-state index contributed by atoms with van der Waals surface area (Å²) in [6.07, 6.45) is 1.65. The molecule has 0 unspecified atom stereocenters. The van der Waals surface area contributed by atoms with Gasteiger partial charge in [0.1, 0.15) is 23.2 Å². The van der Waals surface area contributed by atoms with E-state index in [1.165, 1.54) is 19.4 Å². The number of hydrogen-bond acceptors (Lipinski definition) is 5. The Balaban J connectivity index is 1.53. The van der Waals surface area contributed by atoms with Gasteiger partial charge in [0.2, 0.25) is 5.95 Å². The lowest BCUT2D eigenvalue weighted by Gasteiger charge is -2.52. The van der Waals surface area contributed by atoms with E-state index in [-0.39, 0.29) is 35.9 Å². The van der Waals surface area contributed by atoms with Crippen molar-refractivity contribution >= 4 is 17.5 Å². The van der Waals surface area contributed by atoms with Gasteiger partial charge >= 0.3 is 0 Å². The molecule has 0 N–H and O–H groups in total. The van der Waals surface area contributed by atoms with Crippen molar-refractivity contribution < 1.29 is 23.5 Å². The molecule has 1 amide bonds. The number of carbonyl (C=O) groups excluding carboxylic acids is 3. The van der Waals surface area contributed by atoms with Gasteiger partial charge in [0, 0.05) is 60.3 Å². The lowest BCUT2D eigenvalue weighted by atomic mass is 9.63. The third-order valence-electron chi connectivity index (χ3n) is 6.18. The van der Waals surface area contributed by atoms with Gasteiger partial charge in [-0.1, -0.05) is 5.92 Å². The number of carbonyl (C=O) groups is 3. The summed E-state index contributed by atoms with van der Waals surface area (Å²) in [5.41, 5.74) is 1.79. The molecule has 6 nitrogen and oxygen atoms in total. The van der Waals surface area contributed by atoms with Crippen molar-refractivity contribution in [1.82, 2.24) is 9.88 Å². The number of likely N-dealkylation sites (tertiary alicyclic amines) is 1. The fraction of sp³-hybridized carbons (Fsp3) is 0.360. The zero-order chi connectivity index (χ0) is 23.0. The number of Topliss-reactive ketones (excluding diaryl/α,β-unsaturated/α-hetero) is 2. The molecule has 2 heterocycles. The van der Waals surface area contributed by atoms with Gasteiger partial charge in [-0.3, -0.25) is 14.4 Å². The summed E-state index contributed by atoms with van der Waals surface area (Å²) in [5, 5.41) is 0. The zero-order valence-electron chi connectivity index (χ0n) is 18.2. The molecule has 1 saturated carbocycles. The highest BCUT2D eigenvalue weighted by Crippen LogP contribution is 2.47. The van der Waals surface area contributed by atoms with Crippen LogP contribution in [0.1, 0.15) is 52.7 Å². The van der Waals surface area contributed by atoms with E-state index in [0.29, 0.717) is 24.4 Å².